The van der Waals surface area contributed by atoms with Gasteiger partial charge in [-0.15, -0.1) is 0 Å². The number of fused-ring (bicyclic) bond motifs is 1. The van der Waals surface area contributed by atoms with Crippen molar-refractivity contribution in [1.29, 1.82) is 5.26 Å². The van der Waals surface area contributed by atoms with Gasteiger partial charge >= 0.3 is 0 Å². The standard InChI is InChI=1S/C20H18BrN3O2/c21-16-6-3-7-23-17(16)8-18-14-4-1-2-5-15(14)19(25)24(18)11-13-9-20(26,10-13)12-22/h1-7,13,18,26H,8-11H2. The lowest BCUT2D eigenvalue weighted by molar-refractivity contribution is -0.0358. The molecule has 0 radical (unpaired) electrons. The lowest BCUT2D eigenvalue weighted by atomic mass is 9.71. The predicted octanol–water partition coefficient (Wildman–Crippen LogP) is 3.25. The Hall–Kier alpha value is -2.23. The van der Waals surface area contributed by atoms with Crippen LogP contribution in [0.2, 0.25) is 0 Å². The van der Waals surface area contributed by atoms with E-state index in [0.717, 1.165) is 21.3 Å². The van der Waals surface area contributed by atoms with Crippen molar-refractivity contribution in [2.75, 3.05) is 6.54 Å². The van der Waals surface area contributed by atoms with E-state index in [-0.39, 0.29) is 17.9 Å². The molecular weight excluding hydrogens is 394 g/mol. The highest BCUT2D eigenvalue weighted by molar-refractivity contribution is 9.10. The van der Waals surface area contributed by atoms with E-state index < -0.39 is 5.60 Å². The highest BCUT2D eigenvalue weighted by Gasteiger charge is 2.46. The van der Waals surface area contributed by atoms with Gasteiger partial charge in [0.05, 0.1) is 17.8 Å². The van der Waals surface area contributed by atoms with Crippen molar-refractivity contribution < 1.29 is 9.90 Å². The van der Waals surface area contributed by atoms with E-state index in [0.29, 0.717) is 25.8 Å². The highest BCUT2D eigenvalue weighted by atomic mass is 79.9. The van der Waals surface area contributed by atoms with Gasteiger partial charge in [0.1, 0.15) is 0 Å². The summed E-state index contributed by atoms with van der Waals surface area (Å²) in [4.78, 5) is 19.3. The van der Waals surface area contributed by atoms with Gasteiger partial charge in [-0.3, -0.25) is 9.78 Å². The Balaban J connectivity index is 1.61. The molecule has 1 amide bonds. The molecule has 1 aliphatic heterocycles. The molecule has 2 heterocycles. The average Bonchev–Trinajstić information content (AvgIpc) is 2.88. The number of carbonyl (C=O) groups excluding carboxylic acids is 1. The number of hydrogen-bond donors (Lipinski definition) is 1. The van der Waals surface area contributed by atoms with Gasteiger partial charge in [0.2, 0.25) is 0 Å². The third kappa shape index (κ3) is 2.91. The molecule has 1 aliphatic carbocycles. The molecule has 6 heteroatoms. The van der Waals surface area contributed by atoms with Gasteiger partial charge in [0, 0.05) is 29.2 Å². The summed E-state index contributed by atoms with van der Waals surface area (Å²) in [5.41, 5.74) is 1.44. The fourth-order valence-electron chi connectivity index (χ4n) is 4.02. The Labute approximate surface area is 160 Å². The number of aromatic nitrogens is 1. The van der Waals surface area contributed by atoms with Crippen molar-refractivity contribution in [3.8, 4) is 6.07 Å². The molecule has 1 fully saturated rings. The molecule has 1 aromatic heterocycles. The van der Waals surface area contributed by atoms with Crippen molar-refractivity contribution in [2.24, 2.45) is 5.92 Å². The first-order valence-electron chi connectivity index (χ1n) is 8.64. The van der Waals surface area contributed by atoms with Crippen molar-refractivity contribution in [3.05, 3.63) is 63.9 Å². The molecule has 1 unspecified atom stereocenters. The molecule has 5 nitrogen and oxygen atoms in total. The maximum absolute atomic E-state index is 13.0. The van der Waals surface area contributed by atoms with Gasteiger partial charge < -0.3 is 10.0 Å². The zero-order chi connectivity index (χ0) is 18.3. The third-order valence-electron chi connectivity index (χ3n) is 5.32. The van der Waals surface area contributed by atoms with Crippen LogP contribution < -0.4 is 0 Å². The molecule has 1 saturated carbocycles. The monoisotopic (exact) mass is 411 g/mol. The van der Waals surface area contributed by atoms with Crippen LogP contribution in [0.5, 0.6) is 0 Å². The number of hydrogen-bond acceptors (Lipinski definition) is 4. The number of nitrogens with zero attached hydrogens (tertiary/aromatic N) is 3. The number of halogens is 1. The number of pyridine rings is 1. The van der Waals surface area contributed by atoms with Crippen LogP contribution in [-0.2, 0) is 6.42 Å². The van der Waals surface area contributed by atoms with Crippen LogP contribution in [0.4, 0.5) is 0 Å². The fraction of sp³-hybridized carbons (Fsp3) is 0.350. The van der Waals surface area contributed by atoms with E-state index in [9.17, 15) is 9.90 Å². The van der Waals surface area contributed by atoms with Crippen molar-refractivity contribution in [2.45, 2.75) is 30.9 Å². The summed E-state index contributed by atoms with van der Waals surface area (Å²) in [7, 11) is 0. The summed E-state index contributed by atoms with van der Waals surface area (Å²) < 4.78 is 0.930. The number of benzene rings is 1. The molecule has 4 rings (SSSR count). The second kappa shape index (κ2) is 6.49. The topological polar surface area (TPSA) is 77.2 Å². The molecular formula is C20H18BrN3O2. The number of amides is 1. The number of aliphatic hydroxyl groups is 1. The zero-order valence-electron chi connectivity index (χ0n) is 14.1. The van der Waals surface area contributed by atoms with Crippen LogP contribution in [0.3, 0.4) is 0 Å². The second-order valence-corrected chi connectivity index (χ2v) is 7.97. The molecule has 0 bridgehead atoms. The van der Waals surface area contributed by atoms with Gasteiger partial charge in [-0.2, -0.15) is 5.26 Å². The molecule has 1 atom stereocenters. The van der Waals surface area contributed by atoms with Crippen molar-refractivity contribution in [1.82, 2.24) is 9.88 Å². The van der Waals surface area contributed by atoms with Crippen molar-refractivity contribution >= 4 is 21.8 Å². The normalized spacial score (nSPS) is 27.0. The Kier molecular flexibility index (Phi) is 4.29. The maximum Gasteiger partial charge on any atom is 0.254 e. The van der Waals surface area contributed by atoms with Crippen molar-refractivity contribution in [3.63, 3.8) is 0 Å². The van der Waals surface area contributed by atoms with E-state index in [1.54, 1.807) is 6.20 Å². The molecule has 1 N–H and O–H groups in total. The van der Waals surface area contributed by atoms with E-state index in [4.69, 9.17) is 5.26 Å². The number of rotatable bonds is 4. The minimum Gasteiger partial charge on any atom is -0.375 e. The average molecular weight is 412 g/mol. The Bertz CT molecular complexity index is 902. The molecule has 0 saturated heterocycles. The SMILES string of the molecule is N#CC1(O)CC(CN2C(=O)c3ccccc3C2Cc2ncccc2Br)C1. The Morgan fingerprint density at radius 3 is 2.81 bits per heavy atom. The first-order chi connectivity index (χ1) is 12.5. The van der Waals surface area contributed by atoms with Crippen LogP contribution in [0, 0.1) is 17.2 Å². The minimum absolute atomic E-state index is 0.0186. The first-order valence-corrected chi connectivity index (χ1v) is 9.43. The maximum atomic E-state index is 13.0. The Morgan fingerprint density at radius 1 is 1.31 bits per heavy atom. The molecule has 1 aromatic carbocycles. The zero-order valence-corrected chi connectivity index (χ0v) is 15.7. The summed E-state index contributed by atoms with van der Waals surface area (Å²) >= 11 is 3.54. The van der Waals surface area contributed by atoms with E-state index in [1.165, 1.54) is 0 Å². The van der Waals surface area contributed by atoms with Crippen LogP contribution in [-0.4, -0.2) is 33.0 Å². The van der Waals surface area contributed by atoms with Crippen LogP contribution in [0.25, 0.3) is 0 Å². The summed E-state index contributed by atoms with van der Waals surface area (Å²) in [5, 5.41) is 19.0. The lowest BCUT2D eigenvalue weighted by Gasteiger charge is -2.41. The van der Waals surface area contributed by atoms with Gasteiger partial charge in [-0.25, -0.2) is 0 Å². The van der Waals surface area contributed by atoms with Crippen LogP contribution in [0.15, 0.2) is 47.1 Å². The minimum atomic E-state index is -1.22. The quantitative estimate of drug-likeness (QED) is 0.783. The van der Waals surface area contributed by atoms with Gasteiger partial charge in [0.15, 0.2) is 5.60 Å². The predicted molar refractivity (Wildman–Crippen MR) is 99.1 cm³/mol. The first kappa shape index (κ1) is 17.2. The second-order valence-electron chi connectivity index (χ2n) is 7.11. The van der Waals surface area contributed by atoms with E-state index >= 15 is 0 Å². The van der Waals surface area contributed by atoms with Crippen LogP contribution in [0.1, 0.15) is 40.5 Å². The fourth-order valence-corrected chi connectivity index (χ4v) is 4.44. The largest absolute Gasteiger partial charge is 0.375 e. The highest BCUT2D eigenvalue weighted by Crippen LogP contribution is 2.42. The van der Waals surface area contributed by atoms with Gasteiger partial charge in [0.25, 0.3) is 5.91 Å². The smallest absolute Gasteiger partial charge is 0.254 e. The molecule has 26 heavy (non-hydrogen) atoms. The summed E-state index contributed by atoms with van der Waals surface area (Å²) in [6.07, 6.45) is 3.22. The van der Waals surface area contributed by atoms with Gasteiger partial charge in [-0.1, -0.05) is 18.2 Å². The Morgan fingerprint density at radius 2 is 2.08 bits per heavy atom. The molecule has 0 spiro atoms. The number of carbonyl (C=O) groups is 1. The van der Waals surface area contributed by atoms with E-state index in [2.05, 4.69) is 20.9 Å². The van der Waals surface area contributed by atoms with Crippen LogP contribution >= 0.6 is 15.9 Å². The summed E-state index contributed by atoms with van der Waals surface area (Å²) in [6.45, 7) is 0.548. The molecule has 2 aliphatic rings. The summed E-state index contributed by atoms with van der Waals surface area (Å²) in [5.74, 6) is 0.164. The molecule has 2 aromatic rings. The third-order valence-corrected chi connectivity index (χ3v) is 6.05. The lowest BCUT2D eigenvalue weighted by Crippen LogP contribution is -2.48. The van der Waals surface area contributed by atoms with Gasteiger partial charge in [-0.05, 0) is 58.5 Å². The molecule has 132 valence electrons. The number of nitriles is 1. The summed E-state index contributed by atoms with van der Waals surface area (Å²) in [6, 6.07) is 13.4. The van der Waals surface area contributed by atoms with E-state index in [1.807, 2.05) is 47.4 Å².